The van der Waals surface area contributed by atoms with Gasteiger partial charge in [-0.15, -0.1) is 0 Å². The monoisotopic (exact) mass is 376 g/mol. The Bertz CT molecular complexity index is 1170. The molecule has 3 aromatic heterocycles. The van der Waals surface area contributed by atoms with Crippen molar-refractivity contribution in [2.45, 2.75) is 31.7 Å². The summed E-state index contributed by atoms with van der Waals surface area (Å²) in [7, 11) is 0. The lowest BCUT2D eigenvalue weighted by molar-refractivity contribution is 0.890. The summed E-state index contributed by atoms with van der Waals surface area (Å²) in [5.74, 6) is 0.585. The fourth-order valence-electron chi connectivity index (χ4n) is 3.26. The summed E-state index contributed by atoms with van der Waals surface area (Å²) >= 11 is 1.58. The Balaban J connectivity index is 1.63. The summed E-state index contributed by atoms with van der Waals surface area (Å²) in [4.78, 5) is 21.6. The van der Waals surface area contributed by atoms with Crippen molar-refractivity contribution in [2.75, 3.05) is 0 Å². The van der Waals surface area contributed by atoms with Crippen LogP contribution >= 0.6 is 11.8 Å². The van der Waals surface area contributed by atoms with Gasteiger partial charge in [0, 0.05) is 35.6 Å². The number of rotatable bonds is 4. The first-order valence-electron chi connectivity index (χ1n) is 8.74. The van der Waals surface area contributed by atoms with Gasteiger partial charge in [0.25, 0.3) is 5.56 Å². The average molecular weight is 376 g/mol. The Morgan fingerprint density at radius 2 is 1.81 bits per heavy atom. The molecule has 6 heteroatoms. The molecule has 136 valence electrons. The summed E-state index contributed by atoms with van der Waals surface area (Å²) in [5, 5.41) is 0.881. The van der Waals surface area contributed by atoms with Gasteiger partial charge in [-0.2, -0.15) is 0 Å². The fraction of sp³-hybridized carbons (Fsp3) is 0.190. The first-order valence-corrected chi connectivity index (χ1v) is 9.73. The third-order valence-electron chi connectivity index (χ3n) is 4.37. The minimum Gasteiger partial charge on any atom is -0.295 e. The van der Waals surface area contributed by atoms with Crippen LogP contribution in [0.1, 0.15) is 22.5 Å². The highest BCUT2D eigenvalue weighted by Gasteiger charge is 2.09. The Kier molecular flexibility index (Phi) is 4.58. The van der Waals surface area contributed by atoms with Gasteiger partial charge in [0.15, 0.2) is 5.16 Å². The number of hydrogen-bond donors (Lipinski definition) is 0. The number of imidazole rings is 1. The molecule has 0 atom stereocenters. The van der Waals surface area contributed by atoms with Crippen molar-refractivity contribution in [3.63, 3.8) is 0 Å². The van der Waals surface area contributed by atoms with E-state index in [0.717, 1.165) is 22.2 Å². The van der Waals surface area contributed by atoms with Gasteiger partial charge < -0.3 is 0 Å². The summed E-state index contributed by atoms with van der Waals surface area (Å²) in [6, 6.07) is 13.7. The highest BCUT2D eigenvalue weighted by molar-refractivity contribution is 7.98. The van der Waals surface area contributed by atoms with Gasteiger partial charge in [0.1, 0.15) is 5.65 Å². The SMILES string of the molecule is Cc1cc(C)cc(-n2ccnc2SCc2cc(=O)n3c(C)cccc3n2)c1. The molecule has 27 heavy (non-hydrogen) atoms. The van der Waals surface area contributed by atoms with Crippen molar-refractivity contribution in [3.8, 4) is 5.69 Å². The molecule has 0 aliphatic carbocycles. The van der Waals surface area contributed by atoms with Crippen molar-refractivity contribution in [1.82, 2.24) is 18.9 Å². The van der Waals surface area contributed by atoms with Crippen LogP contribution in [0.3, 0.4) is 0 Å². The van der Waals surface area contributed by atoms with E-state index in [1.165, 1.54) is 11.1 Å². The maximum absolute atomic E-state index is 12.4. The van der Waals surface area contributed by atoms with Crippen LogP contribution in [0, 0.1) is 20.8 Å². The van der Waals surface area contributed by atoms with E-state index >= 15 is 0 Å². The van der Waals surface area contributed by atoms with Crippen LogP contribution in [-0.2, 0) is 5.75 Å². The molecule has 0 saturated carbocycles. The second kappa shape index (κ2) is 7.04. The van der Waals surface area contributed by atoms with E-state index in [0.29, 0.717) is 11.4 Å². The van der Waals surface area contributed by atoms with Gasteiger partial charge in [-0.1, -0.05) is 23.9 Å². The number of hydrogen-bond acceptors (Lipinski definition) is 4. The van der Waals surface area contributed by atoms with Crippen molar-refractivity contribution < 1.29 is 0 Å². The van der Waals surface area contributed by atoms with Crippen LogP contribution in [0.2, 0.25) is 0 Å². The molecule has 0 saturated heterocycles. The first kappa shape index (κ1) is 17.5. The zero-order valence-corrected chi connectivity index (χ0v) is 16.3. The molecule has 4 rings (SSSR count). The maximum Gasteiger partial charge on any atom is 0.258 e. The standard InChI is InChI=1S/C21H20N4OS/c1-14-9-15(2)11-18(10-14)24-8-7-22-21(24)27-13-17-12-20(26)25-16(3)5-4-6-19(25)23-17/h4-12H,13H2,1-3H3. The lowest BCUT2D eigenvalue weighted by Gasteiger charge is -2.10. The van der Waals surface area contributed by atoms with E-state index in [1.54, 1.807) is 28.4 Å². The first-order chi connectivity index (χ1) is 13.0. The van der Waals surface area contributed by atoms with Gasteiger partial charge in [-0.05, 0) is 56.2 Å². The van der Waals surface area contributed by atoms with Crippen molar-refractivity contribution in [1.29, 1.82) is 0 Å². The lowest BCUT2D eigenvalue weighted by Crippen LogP contribution is -2.17. The summed E-state index contributed by atoms with van der Waals surface area (Å²) in [6.07, 6.45) is 3.76. The summed E-state index contributed by atoms with van der Waals surface area (Å²) < 4.78 is 3.70. The molecule has 0 spiro atoms. The van der Waals surface area contributed by atoms with Gasteiger partial charge in [0.05, 0.1) is 5.69 Å². The van der Waals surface area contributed by atoms with Gasteiger partial charge in [-0.25, -0.2) is 9.97 Å². The number of benzene rings is 1. The summed E-state index contributed by atoms with van der Waals surface area (Å²) in [5.41, 5.74) is 5.79. The zero-order valence-electron chi connectivity index (χ0n) is 15.5. The highest BCUT2D eigenvalue weighted by Crippen LogP contribution is 2.24. The third kappa shape index (κ3) is 3.53. The van der Waals surface area contributed by atoms with Crippen molar-refractivity contribution >= 4 is 17.4 Å². The molecule has 0 amide bonds. The van der Waals surface area contributed by atoms with E-state index in [1.807, 2.05) is 31.3 Å². The van der Waals surface area contributed by atoms with E-state index in [2.05, 4.69) is 46.6 Å². The number of pyridine rings is 1. The predicted octanol–water partition coefficient (Wildman–Crippen LogP) is 4.10. The normalized spacial score (nSPS) is 11.2. The molecule has 4 aromatic rings. The largest absolute Gasteiger partial charge is 0.295 e. The van der Waals surface area contributed by atoms with Crippen molar-refractivity contribution in [2.24, 2.45) is 0 Å². The number of thioether (sulfide) groups is 1. The molecule has 0 aliphatic rings. The predicted molar refractivity (Wildman–Crippen MR) is 109 cm³/mol. The molecule has 0 bridgehead atoms. The number of fused-ring (bicyclic) bond motifs is 1. The minimum atomic E-state index is -0.0497. The molecule has 0 aliphatic heterocycles. The smallest absolute Gasteiger partial charge is 0.258 e. The molecule has 3 heterocycles. The quantitative estimate of drug-likeness (QED) is 0.503. The topological polar surface area (TPSA) is 52.2 Å². The highest BCUT2D eigenvalue weighted by atomic mass is 32.2. The van der Waals surface area contributed by atoms with Crippen LogP contribution in [0.4, 0.5) is 0 Å². The number of nitrogens with zero attached hydrogens (tertiary/aromatic N) is 4. The van der Waals surface area contributed by atoms with Crippen LogP contribution in [0.5, 0.6) is 0 Å². The Labute approximate surface area is 161 Å². The number of aryl methyl sites for hydroxylation is 3. The average Bonchev–Trinajstić information content (AvgIpc) is 3.07. The minimum absolute atomic E-state index is 0.0497. The van der Waals surface area contributed by atoms with Gasteiger partial charge in [-0.3, -0.25) is 13.8 Å². The zero-order chi connectivity index (χ0) is 19.0. The molecule has 5 nitrogen and oxygen atoms in total. The molecule has 1 aromatic carbocycles. The summed E-state index contributed by atoms with van der Waals surface area (Å²) in [6.45, 7) is 6.09. The van der Waals surface area contributed by atoms with Crippen LogP contribution in [0.15, 0.2) is 64.8 Å². The van der Waals surface area contributed by atoms with Gasteiger partial charge in [0.2, 0.25) is 0 Å². The van der Waals surface area contributed by atoms with Crippen molar-refractivity contribution in [3.05, 3.63) is 87.7 Å². The fourth-order valence-corrected chi connectivity index (χ4v) is 4.12. The molecule has 0 radical (unpaired) electrons. The Morgan fingerprint density at radius 3 is 2.59 bits per heavy atom. The number of aromatic nitrogens is 4. The molecule has 0 N–H and O–H groups in total. The Hall–Kier alpha value is -2.86. The lowest BCUT2D eigenvalue weighted by atomic mass is 10.1. The van der Waals surface area contributed by atoms with Crippen LogP contribution < -0.4 is 5.56 Å². The van der Waals surface area contributed by atoms with E-state index in [4.69, 9.17) is 0 Å². The van der Waals surface area contributed by atoms with Crippen LogP contribution in [-0.4, -0.2) is 18.9 Å². The van der Waals surface area contributed by atoms with E-state index in [9.17, 15) is 4.79 Å². The molecular weight excluding hydrogens is 356 g/mol. The van der Waals surface area contributed by atoms with E-state index in [-0.39, 0.29) is 5.56 Å². The Morgan fingerprint density at radius 1 is 1.04 bits per heavy atom. The third-order valence-corrected chi connectivity index (χ3v) is 5.37. The van der Waals surface area contributed by atoms with Crippen LogP contribution in [0.25, 0.3) is 11.3 Å². The maximum atomic E-state index is 12.4. The second-order valence-electron chi connectivity index (χ2n) is 6.66. The molecular formula is C21H20N4OS. The molecule has 0 fully saturated rings. The van der Waals surface area contributed by atoms with E-state index < -0.39 is 0 Å². The second-order valence-corrected chi connectivity index (χ2v) is 7.60. The molecule has 0 unspecified atom stereocenters. The van der Waals surface area contributed by atoms with Gasteiger partial charge >= 0.3 is 0 Å².